The van der Waals surface area contributed by atoms with E-state index < -0.39 is 77.8 Å². The predicted octanol–water partition coefficient (Wildman–Crippen LogP) is 7.74. The van der Waals surface area contributed by atoms with Crippen LogP contribution in [0.5, 0.6) is 0 Å². The van der Waals surface area contributed by atoms with Gasteiger partial charge in [0.1, 0.15) is 30.1 Å². The highest BCUT2D eigenvalue weighted by Crippen LogP contribution is 2.39. The van der Waals surface area contributed by atoms with E-state index in [2.05, 4.69) is 0 Å². The van der Waals surface area contributed by atoms with Crippen LogP contribution in [0.25, 0.3) is 0 Å². The molecule has 4 aliphatic heterocycles. The lowest BCUT2D eigenvalue weighted by molar-refractivity contribution is -0.265. The molecule has 16 heteroatoms. The molecule has 5 aliphatic rings. The summed E-state index contributed by atoms with van der Waals surface area (Å²) >= 11 is 0. The third-order valence-corrected chi connectivity index (χ3v) is 16.6. The van der Waals surface area contributed by atoms with E-state index >= 15 is 0 Å². The number of carbonyl (C=O) groups excluding carboxylic acids is 5. The maximum Gasteiger partial charge on any atom is 0.329 e. The highest BCUT2D eigenvalue weighted by atomic mass is 16.7. The van der Waals surface area contributed by atoms with Gasteiger partial charge >= 0.3 is 5.97 Å². The molecule has 4 heterocycles. The van der Waals surface area contributed by atoms with Crippen molar-refractivity contribution in [2.24, 2.45) is 35.5 Å². The van der Waals surface area contributed by atoms with Crippen molar-refractivity contribution in [3.05, 3.63) is 47.6 Å². The summed E-state index contributed by atoms with van der Waals surface area (Å²) in [5.41, 5.74) is 1.27. The van der Waals surface area contributed by atoms with Crippen molar-refractivity contribution in [2.45, 2.75) is 218 Å². The van der Waals surface area contributed by atoms with Gasteiger partial charge in [0, 0.05) is 72.0 Å². The van der Waals surface area contributed by atoms with Crippen molar-refractivity contribution in [1.29, 1.82) is 0 Å². The number of amides is 1. The number of hydrogen-bond acceptors (Lipinski definition) is 15. The van der Waals surface area contributed by atoms with Crippen molar-refractivity contribution in [2.75, 3.05) is 35.0 Å². The molecule has 2 N–H and O–H groups in total. The first-order chi connectivity index (χ1) is 35.1. The summed E-state index contributed by atoms with van der Waals surface area (Å²) in [7, 11) is 6.30. The number of aliphatic hydroxyl groups excluding tert-OH is 1. The van der Waals surface area contributed by atoms with Crippen molar-refractivity contribution >= 4 is 29.2 Å². The quantitative estimate of drug-likeness (QED) is 0.129. The number of ether oxygens (including phenoxy) is 8. The number of methoxy groups -OCH3 is 4. The first kappa shape index (κ1) is 61.4. The molecule has 4 fully saturated rings. The number of Topliss-reactive ketones (excluding diaryl/α,β-unsaturated/α-hetero) is 3. The topological polar surface area (TPSA) is 203 Å². The van der Waals surface area contributed by atoms with E-state index in [9.17, 15) is 34.2 Å². The minimum Gasteiger partial charge on any atom is -0.460 e. The first-order valence-electron chi connectivity index (χ1n) is 27.5. The Morgan fingerprint density at radius 1 is 0.784 bits per heavy atom. The third-order valence-electron chi connectivity index (χ3n) is 16.6. The van der Waals surface area contributed by atoms with Gasteiger partial charge in [-0.2, -0.15) is 0 Å². The molecule has 1 amide bonds. The highest BCUT2D eigenvalue weighted by molar-refractivity contribution is 6.39. The molecular weight excluding hydrogens is 951 g/mol. The Kier molecular flexibility index (Phi) is 23.9. The van der Waals surface area contributed by atoms with Crippen LogP contribution in [0.1, 0.15) is 145 Å². The number of cyclic esters (lactones) is 1. The molecule has 0 aromatic carbocycles. The molecule has 0 aromatic heterocycles. The molecule has 1 saturated carbocycles. The number of piperidine rings is 1. The zero-order valence-corrected chi connectivity index (χ0v) is 46.5. The molecular formula is C58H91NO15. The Labute approximate surface area is 441 Å². The van der Waals surface area contributed by atoms with Gasteiger partial charge in [0.25, 0.3) is 11.7 Å². The van der Waals surface area contributed by atoms with Gasteiger partial charge in [-0.25, -0.2) is 4.79 Å². The Morgan fingerprint density at radius 2 is 1.51 bits per heavy atom. The number of hydrogen-bond donors (Lipinski definition) is 2. The van der Waals surface area contributed by atoms with Crippen LogP contribution in [0.15, 0.2) is 47.6 Å². The predicted molar refractivity (Wildman–Crippen MR) is 278 cm³/mol. The molecule has 1 aliphatic carbocycles. The van der Waals surface area contributed by atoms with E-state index in [0.717, 1.165) is 31.3 Å². The minimum absolute atomic E-state index is 0.0148. The Bertz CT molecular complexity index is 2000. The van der Waals surface area contributed by atoms with Gasteiger partial charge in [-0.05, 0) is 120 Å². The van der Waals surface area contributed by atoms with Gasteiger partial charge in [-0.3, -0.25) is 19.2 Å². The second-order valence-electron chi connectivity index (χ2n) is 22.3. The van der Waals surface area contributed by atoms with Gasteiger partial charge in [-0.1, -0.05) is 71.1 Å². The molecule has 2 bridgehead atoms. The lowest BCUT2D eigenvalue weighted by Crippen LogP contribution is -2.61. The minimum atomic E-state index is -2.44. The highest BCUT2D eigenvalue weighted by Gasteiger charge is 2.53. The fourth-order valence-electron chi connectivity index (χ4n) is 11.8. The number of allylic oxidation sites excluding steroid dienone is 6. The summed E-state index contributed by atoms with van der Waals surface area (Å²) < 4.78 is 48.2. The SMILES string of the molecule is COC1CCC(OC2CCC(C[C@H](C)[C@@H]3CC(=O)[C@H](C)/C=C(\C)C(O)[C@@H](OC)C(=O)[C@H](C)C[C@H](C)/C=C/C=C/C=C(\C)[C@@H](OC)C[C@@H]4CC[C@@H](C)[C@@](O)(O4)C(=O)C(=O)N4CCCC[C@H]4C(=O)O3)CC2OC)C(C)O1. The molecule has 418 valence electrons. The van der Waals surface area contributed by atoms with Crippen LogP contribution < -0.4 is 0 Å². The molecule has 3 saturated heterocycles. The zero-order valence-electron chi connectivity index (χ0n) is 46.5. The second-order valence-corrected chi connectivity index (χ2v) is 22.3. The van der Waals surface area contributed by atoms with Crippen LogP contribution in [0, 0.1) is 35.5 Å². The summed E-state index contributed by atoms with van der Waals surface area (Å²) in [6, 6.07) is -1.15. The number of fused-ring (bicyclic) bond motifs is 3. The maximum atomic E-state index is 14.6. The Hall–Kier alpha value is -3.45. The zero-order chi connectivity index (χ0) is 54.4. The van der Waals surface area contributed by atoms with Crippen LogP contribution in [-0.2, 0) is 61.9 Å². The molecule has 0 aromatic rings. The number of esters is 1. The van der Waals surface area contributed by atoms with Gasteiger partial charge in [0.05, 0.1) is 36.6 Å². The Morgan fingerprint density at radius 3 is 2.19 bits per heavy atom. The smallest absolute Gasteiger partial charge is 0.329 e. The van der Waals surface area contributed by atoms with E-state index in [0.29, 0.717) is 56.9 Å². The van der Waals surface area contributed by atoms with Crippen molar-refractivity contribution in [3.8, 4) is 0 Å². The van der Waals surface area contributed by atoms with Crippen LogP contribution in [0.4, 0.5) is 0 Å². The maximum absolute atomic E-state index is 14.6. The average molecular weight is 1040 g/mol. The van der Waals surface area contributed by atoms with Crippen molar-refractivity contribution in [1.82, 2.24) is 4.90 Å². The summed E-state index contributed by atoms with van der Waals surface area (Å²) in [6.07, 6.45) is 13.2. The summed E-state index contributed by atoms with van der Waals surface area (Å²) in [4.78, 5) is 72.7. The van der Waals surface area contributed by atoms with Crippen LogP contribution in [0.3, 0.4) is 0 Å². The summed E-state index contributed by atoms with van der Waals surface area (Å²) in [5, 5.41) is 23.6. The number of rotatable bonds is 9. The van der Waals surface area contributed by atoms with E-state index in [-0.39, 0.29) is 79.4 Å². The van der Waals surface area contributed by atoms with E-state index in [1.54, 1.807) is 48.2 Å². The molecule has 0 radical (unpaired) electrons. The lowest BCUT2D eigenvalue weighted by atomic mass is 9.78. The monoisotopic (exact) mass is 1040 g/mol. The lowest BCUT2D eigenvalue weighted by Gasteiger charge is -2.43. The molecule has 5 rings (SSSR count). The Balaban J connectivity index is 1.43. The van der Waals surface area contributed by atoms with E-state index in [4.69, 9.17) is 37.9 Å². The number of carbonyl (C=O) groups is 5. The molecule has 74 heavy (non-hydrogen) atoms. The normalized spacial score (nSPS) is 41.2. The van der Waals surface area contributed by atoms with Gasteiger partial charge in [-0.15, -0.1) is 0 Å². The first-order valence-corrected chi connectivity index (χ1v) is 27.5. The van der Waals surface area contributed by atoms with E-state index in [1.807, 2.05) is 65.0 Å². The fraction of sp³-hybridized carbons (Fsp3) is 0.776. The molecule has 18 atom stereocenters. The number of nitrogens with zero attached hydrogens (tertiary/aromatic N) is 1. The number of ketones is 3. The summed E-state index contributed by atoms with van der Waals surface area (Å²) in [5.74, 6) is -7.93. The fourth-order valence-corrected chi connectivity index (χ4v) is 11.8. The largest absolute Gasteiger partial charge is 0.460 e. The van der Waals surface area contributed by atoms with Crippen molar-refractivity contribution in [3.63, 3.8) is 0 Å². The van der Waals surface area contributed by atoms with Crippen LogP contribution in [-0.4, -0.2) is 152 Å². The number of aliphatic hydroxyl groups is 2. The van der Waals surface area contributed by atoms with Gasteiger partial charge in [0.15, 0.2) is 12.1 Å². The van der Waals surface area contributed by atoms with E-state index in [1.165, 1.54) is 12.0 Å². The third kappa shape index (κ3) is 16.1. The van der Waals surface area contributed by atoms with Crippen LogP contribution in [0.2, 0.25) is 0 Å². The standard InChI is InChI=1S/C58H91NO15/c1-34-18-14-13-15-19-35(2)48(67-9)32-43-23-21-40(7)58(66,74-43)55(63)56(64)59-27-17-16-20-44(59)57(65)73-49(33-45(60)36(3)29-39(6)53(62)54(70-12)52(61)38(5)28-34)37(4)30-42-22-24-47(50(31-42)68-10)72-46-25-26-51(69-11)71-41(46)8/h13-15,18-19,29,34,36-38,40-44,46-51,53-54,62,66H,16-17,20-28,30-33H2,1-12H3/b15-13+,18-14+,35-19+,39-29+/t34-,36-,37+,38-,40-,41?,42?,43+,44+,46?,47?,48+,49+,50?,51?,53?,54+,58-/m1/s1. The van der Waals surface area contributed by atoms with Gasteiger partial charge < -0.3 is 53.0 Å². The van der Waals surface area contributed by atoms with Crippen molar-refractivity contribution < 1.29 is 72.1 Å². The van der Waals surface area contributed by atoms with Crippen LogP contribution >= 0.6 is 0 Å². The second kappa shape index (κ2) is 28.8. The molecule has 7 unspecified atom stereocenters. The summed E-state index contributed by atoms with van der Waals surface area (Å²) in [6.45, 7) is 14.8. The molecule has 16 nitrogen and oxygen atoms in total. The van der Waals surface area contributed by atoms with Gasteiger partial charge in [0.2, 0.25) is 5.79 Å². The molecule has 0 spiro atoms. The average Bonchev–Trinajstić information content (AvgIpc) is 3.38.